The van der Waals surface area contributed by atoms with Crippen molar-refractivity contribution < 1.29 is 18.0 Å². The number of carbonyl (C=O) groups excluding carboxylic acids is 1. The first-order valence-electron chi connectivity index (χ1n) is 5.47. The molecule has 0 atom stereocenters. The molecule has 0 bridgehead atoms. The molecule has 4 nitrogen and oxygen atoms in total. The van der Waals surface area contributed by atoms with Crippen LogP contribution >= 0.6 is 11.8 Å². The number of nitrogens with one attached hydrogen (secondary N) is 1. The molecule has 0 aliphatic heterocycles. The van der Waals surface area contributed by atoms with Crippen molar-refractivity contribution in [3.63, 3.8) is 0 Å². The van der Waals surface area contributed by atoms with Gasteiger partial charge in [0.15, 0.2) is 0 Å². The minimum absolute atomic E-state index is 0.0443. The molecule has 19 heavy (non-hydrogen) atoms. The lowest BCUT2D eigenvalue weighted by Gasteiger charge is -2.12. The smallest absolute Gasteiger partial charge is 0.369 e. The van der Waals surface area contributed by atoms with E-state index in [4.69, 9.17) is 5.73 Å². The topological polar surface area (TPSA) is 68.0 Å². The van der Waals surface area contributed by atoms with Crippen LogP contribution in [0.25, 0.3) is 0 Å². The Morgan fingerprint density at radius 1 is 1.47 bits per heavy atom. The van der Waals surface area contributed by atoms with E-state index >= 15 is 0 Å². The van der Waals surface area contributed by atoms with Gasteiger partial charge in [0.2, 0.25) is 0 Å². The lowest BCUT2D eigenvalue weighted by Crippen LogP contribution is -2.18. The number of nitrogens with two attached hydrogens (primary N) is 1. The van der Waals surface area contributed by atoms with Crippen molar-refractivity contribution in [1.29, 1.82) is 0 Å². The first-order chi connectivity index (χ1) is 8.86. The Labute approximate surface area is 113 Å². The predicted octanol–water partition coefficient (Wildman–Crippen LogP) is 2.36. The second-order valence-electron chi connectivity index (χ2n) is 3.73. The zero-order valence-corrected chi connectivity index (χ0v) is 11.1. The standard InChI is InChI=1S/C11H14F3N3OS/c1-19-6-2-5-16-10-7(9(15)18)3-4-8(17-10)11(12,13)14/h3-4H,2,5-6H2,1H3,(H2,15,18)(H,16,17). The summed E-state index contributed by atoms with van der Waals surface area (Å²) in [6, 6.07) is 1.78. The molecule has 1 aromatic rings. The highest BCUT2D eigenvalue weighted by Gasteiger charge is 2.33. The third-order valence-corrected chi connectivity index (χ3v) is 2.97. The van der Waals surface area contributed by atoms with Crippen LogP contribution in [0.1, 0.15) is 22.5 Å². The summed E-state index contributed by atoms with van der Waals surface area (Å²) in [7, 11) is 0. The minimum Gasteiger partial charge on any atom is -0.369 e. The molecule has 1 rings (SSSR count). The van der Waals surface area contributed by atoms with Crippen molar-refractivity contribution >= 4 is 23.5 Å². The number of nitrogens with zero attached hydrogens (tertiary/aromatic N) is 1. The van der Waals surface area contributed by atoms with Crippen molar-refractivity contribution in [3.8, 4) is 0 Å². The molecule has 0 saturated heterocycles. The Morgan fingerprint density at radius 2 is 2.16 bits per heavy atom. The quantitative estimate of drug-likeness (QED) is 0.790. The summed E-state index contributed by atoms with van der Waals surface area (Å²) in [5.74, 6) is -0.0743. The molecule has 0 radical (unpaired) electrons. The summed E-state index contributed by atoms with van der Waals surface area (Å²) in [5, 5.41) is 2.72. The summed E-state index contributed by atoms with van der Waals surface area (Å²) in [6.07, 6.45) is -1.87. The van der Waals surface area contributed by atoms with E-state index in [1.165, 1.54) is 0 Å². The molecule has 1 aromatic heterocycles. The summed E-state index contributed by atoms with van der Waals surface area (Å²) >= 11 is 1.62. The molecule has 1 amide bonds. The Morgan fingerprint density at radius 3 is 2.68 bits per heavy atom. The molecular formula is C11H14F3N3OS. The van der Waals surface area contributed by atoms with Gasteiger partial charge in [0.05, 0.1) is 5.56 Å². The zero-order valence-electron chi connectivity index (χ0n) is 10.3. The fourth-order valence-electron chi connectivity index (χ4n) is 1.37. The molecule has 0 aromatic carbocycles. The van der Waals surface area contributed by atoms with E-state index in [-0.39, 0.29) is 11.4 Å². The number of alkyl halides is 3. The lowest BCUT2D eigenvalue weighted by molar-refractivity contribution is -0.141. The number of aromatic nitrogens is 1. The predicted molar refractivity (Wildman–Crippen MR) is 69.2 cm³/mol. The highest BCUT2D eigenvalue weighted by Crippen LogP contribution is 2.29. The molecule has 3 N–H and O–H groups in total. The molecule has 0 fully saturated rings. The number of rotatable bonds is 6. The largest absolute Gasteiger partial charge is 0.433 e. The van der Waals surface area contributed by atoms with Gasteiger partial charge in [0, 0.05) is 6.54 Å². The van der Waals surface area contributed by atoms with E-state index in [1.807, 2.05) is 6.26 Å². The van der Waals surface area contributed by atoms with Gasteiger partial charge >= 0.3 is 6.18 Å². The molecule has 106 valence electrons. The van der Waals surface area contributed by atoms with E-state index in [9.17, 15) is 18.0 Å². The first-order valence-corrected chi connectivity index (χ1v) is 6.86. The van der Waals surface area contributed by atoms with E-state index in [0.717, 1.165) is 24.3 Å². The van der Waals surface area contributed by atoms with Crippen LogP contribution in [0.2, 0.25) is 0 Å². The van der Waals surface area contributed by atoms with Crippen LogP contribution in [0, 0.1) is 0 Å². The Kier molecular flexibility index (Phi) is 5.46. The molecule has 0 spiro atoms. The number of hydrogen-bond donors (Lipinski definition) is 2. The van der Waals surface area contributed by atoms with Crippen LogP contribution in [0.5, 0.6) is 0 Å². The SMILES string of the molecule is CSCCCNc1nc(C(F)(F)F)ccc1C(N)=O. The van der Waals surface area contributed by atoms with Crippen LogP contribution in [-0.2, 0) is 6.18 Å². The van der Waals surface area contributed by atoms with E-state index in [1.54, 1.807) is 11.8 Å². The number of hydrogen-bond acceptors (Lipinski definition) is 4. The third-order valence-electron chi connectivity index (χ3n) is 2.27. The molecule has 8 heteroatoms. The van der Waals surface area contributed by atoms with Gasteiger partial charge in [-0.05, 0) is 30.6 Å². The average molecular weight is 293 g/mol. The van der Waals surface area contributed by atoms with Crippen LogP contribution in [0.4, 0.5) is 19.0 Å². The zero-order chi connectivity index (χ0) is 14.5. The number of pyridine rings is 1. The Hall–Kier alpha value is -1.44. The van der Waals surface area contributed by atoms with Gasteiger partial charge in [0.1, 0.15) is 11.5 Å². The number of halogens is 3. The monoisotopic (exact) mass is 293 g/mol. The van der Waals surface area contributed by atoms with Gasteiger partial charge in [-0.25, -0.2) is 4.98 Å². The Bertz CT molecular complexity index is 451. The van der Waals surface area contributed by atoms with Crippen molar-refractivity contribution in [3.05, 3.63) is 23.4 Å². The molecule has 1 heterocycles. The molecule has 0 saturated carbocycles. The van der Waals surface area contributed by atoms with Gasteiger partial charge in [-0.3, -0.25) is 4.79 Å². The van der Waals surface area contributed by atoms with E-state index in [0.29, 0.717) is 6.54 Å². The Balaban J connectivity index is 2.93. The first kappa shape index (κ1) is 15.6. The molecule has 0 unspecified atom stereocenters. The number of carbonyl (C=O) groups is 1. The normalized spacial score (nSPS) is 11.4. The van der Waals surface area contributed by atoms with Crippen LogP contribution < -0.4 is 11.1 Å². The van der Waals surface area contributed by atoms with Crippen molar-refractivity contribution in [2.45, 2.75) is 12.6 Å². The number of thioether (sulfide) groups is 1. The fourth-order valence-corrected chi connectivity index (χ4v) is 1.81. The van der Waals surface area contributed by atoms with Crippen LogP contribution in [0.3, 0.4) is 0 Å². The highest BCUT2D eigenvalue weighted by atomic mass is 32.2. The van der Waals surface area contributed by atoms with Gasteiger partial charge in [-0.2, -0.15) is 24.9 Å². The molecular weight excluding hydrogens is 279 g/mol. The van der Waals surface area contributed by atoms with Crippen LogP contribution in [0.15, 0.2) is 12.1 Å². The maximum Gasteiger partial charge on any atom is 0.433 e. The molecule has 0 aliphatic carbocycles. The summed E-state index contributed by atoms with van der Waals surface area (Å²) in [4.78, 5) is 14.5. The van der Waals surface area contributed by atoms with Gasteiger partial charge < -0.3 is 11.1 Å². The van der Waals surface area contributed by atoms with Gasteiger partial charge in [0.25, 0.3) is 5.91 Å². The highest BCUT2D eigenvalue weighted by molar-refractivity contribution is 7.98. The third kappa shape index (κ3) is 4.62. The second-order valence-corrected chi connectivity index (χ2v) is 4.71. The minimum atomic E-state index is -4.55. The van der Waals surface area contributed by atoms with Crippen molar-refractivity contribution in [2.24, 2.45) is 5.73 Å². The maximum atomic E-state index is 12.5. The summed E-state index contributed by atoms with van der Waals surface area (Å²) in [5.41, 5.74) is 4.00. The van der Waals surface area contributed by atoms with E-state index in [2.05, 4.69) is 10.3 Å². The average Bonchev–Trinajstić information content (AvgIpc) is 2.33. The number of primary amides is 1. The lowest BCUT2D eigenvalue weighted by atomic mass is 10.2. The van der Waals surface area contributed by atoms with Crippen LogP contribution in [-0.4, -0.2) is 29.4 Å². The second kappa shape index (κ2) is 6.65. The molecule has 0 aliphatic rings. The number of amides is 1. The number of anilines is 1. The summed E-state index contributed by atoms with van der Waals surface area (Å²) < 4.78 is 37.6. The van der Waals surface area contributed by atoms with Crippen molar-refractivity contribution in [1.82, 2.24) is 4.98 Å². The summed E-state index contributed by atoms with van der Waals surface area (Å²) in [6.45, 7) is 0.426. The van der Waals surface area contributed by atoms with Gasteiger partial charge in [-0.15, -0.1) is 0 Å². The fraction of sp³-hybridized carbons (Fsp3) is 0.455. The van der Waals surface area contributed by atoms with E-state index < -0.39 is 17.8 Å². The maximum absolute atomic E-state index is 12.5. The van der Waals surface area contributed by atoms with Gasteiger partial charge in [-0.1, -0.05) is 0 Å². The van der Waals surface area contributed by atoms with Crippen molar-refractivity contribution in [2.75, 3.05) is 23.9 Å².